The second-order valence-electron chi connectivity index (χ2n) is 13.1. The van der Waals surface area contributed by atoms with Gasteiger partial charge in [0.15, 0.2) is 0 Å². The summed E-state index contributed by atoms with van der Waals surface area (Å²) >= 11 is 0. The molecular formula is C35H62O6. The summed E-state index contributed by atoms with van der Waals surface area (Å²) < 4.78 is 17.7. The van der Waals surface area contributed by atoms with Crippen LogP contribution in [0.5, 0.6) is 0 Å². The van der Waals surface area contributed by atoms with Crippen molar-refractivity contribution in [2.75, 3.05) is 0 Å². The molecule has 0 radical (unpaired) electrons. The van der Waals surface area contributed by atoms with Gasteiger partial charge in [-0.25, -0.2) is 4.79 Å². The summed E-state index contributed by atoms with van der Waals surface area (Å²) in [5.74, 6) is -0.127. The van der Waals surface area contributed by atoms with Crippen LogP contribution in [0.3, 0.4) is 0 Å². The van der Waals surface area contributed by atoms with Crippen molar-refractivity contribution < 1.29 is 29.2 Å². The predicted molar refractivity (Wildman–Crippen MR) is 165 cm³/mol. The first-order valence-electron chi connectivity index (χ1n) is 17.6. The van der Waals surface area contributed by atoms with Crippen molar-refractivity contribution in [2.24, 2.45) is 0 Å². The van der Waals surface area contributed by atoms with E-state index in [1.165, 1.54) is 77.0 Å². The van der Waals surface area contributed by atoms with E-state index in [-0.39, 0.29) is 48.7 Å². The Hall–Kier alpha value is -0.950. The number of cyclic esters (lactones) is 1. The third-order valence-electron chi connectivity index (χ3n) is 9.48. The molecule has 0 aromatic carbocycles. The Morgan fingerprint density at radius 2 is 1.12 bits per heavy atom. The largest absolute Gasteiger partial charge is 0.455 e. The van der Waals surface area contributed by atoms with Gasteiger partial charge in [-0.3, -0.25) is 0 Å². The number of hydrogen-bond acceptors (Lipinski definition) is 6. The lowest BCUT2D eigenvalue weighted by molar-refractivity contribution is -0.139. The van der Waals surface area contributed by atoms with Crippen LogP contribution in [0.25, 0.3) is 0 Å². The molecule has 3 aliphatic heterocycles. The first-order valence-corrected chi connectivity index (χ1v) is 17.6. The van der Waals surface area contributed by atoms with Gasteiger partial charge in [-0.05, 0) is 64.4 Å². The number of esters is 1. The fourth-order valence-corrected chi connectivity index (χ4v) is 6.90. The normalized spacial score (nSPS) is 27.8. The smallest absolute Gasteiger partial charge is 0.334 e. The van der Waals surface area contributed by atoms with Crippen LogP contribution < -0.4 is 0 Å². The fraction of sp³-hybridized carbons (Fsp3) is 0.914. The lowest BCUT2D eigenvalue weighted by atomic mass is 10.0. The Morgan fingerprint density at radius 3 is 1.56 bits per heavy atom. The zero-order valence-electron chi connectivity index (χ0n) is 26.4. The van der Waals surface area contributed by atoms with Crippen LogP contribution in [-0.4, -0.2) is 58.9 Å². The molecule has 2 N–H and O–H groups in total. The summed E-state index contributed by atoms with van der Waals surface area (Å²) in [6, 6.07) is 0. The number of carbonyl (C=O) groups excluding carboxylic acids is 1. The molecule has 6 nitrogen and oxygen atoms in total. The van der Waals surface area contributed by atoms with Gasteiger partial charge in [-0.1, -0.05) is 103 Å². The second kappa shape index (κ2) is 20.1. The van der Waals surface area contributed by atoms with Crippen molar-refractivity contribution in [3.8, 4) is 0 Å². The maximum absolute atomic E-state index is 11.6. The quantitative estimate of drug-likeness (QED) is 0.0941. The standard InChI is InChI=1S/C35H62O6/c1-3-4-5-6-7-11-14-17-20-29(36)31-22-24-33(40-31)34-25-23-32(41-34)30(37)21-18-15-12-9-8-10-13-16-19-28-26-27(2)39-35(28)38/h26-27,29-34,36-37H,3-25H2,1-2H3/t27-,29+,30+,31+,32-,33-,34+/m0/s1. The Bertz CT molecular complexity index is 738. The summed E-state index contributed by atoms with van der Waals surface area (Å²) in [6.45, 7) is 4.17. The molecule has 0 aromatic rings. The molecule has 3 rings (SSSR count). The van der Waals surface area contributed by atoms with Gasteiger partial charge in [0.2, 0.25) is 0 Å². The van der Waals surface area contributed by atoms with Crippen LogP contribution in [0.2, 0.25) is 0 Å². The minimum Gasteiger partial charge on any atom is -0.455 e. The molecule has 238 valence electrons. The minimum atomic E-state index is -0.385. The first kappa shape index (κ1) is 34.5. The maximum Gasteiger partial charge on any atom is 0.334 e. The van der Waals surface area contributed by atoms with Gasteiger partial charge in [0.25, 0.3) is 0 Å². The van der Waals surface area contributed by atoms with Gasteiger partial charge in [0, 0.05) is 5.57 Å². The molecule has 7 atom stereocenters. The molecule has 6 heteroatoms. The van der Waals surface area contributed by atoms with E-state index in [1.54, 1.807) is 0 Å². The van der Waals surface area contributed by atoms with Gasteiger partial charge in [-0.2, -0.15) is 0 Å². The highest BCUT2D eigenvalue weighted by Crippen LogP contribution is 2.34. The highest BCUT2D eigenvalue weighted by Gasteiger charge is 2.40. The van der Waals surface area contributed by atoms with E-state index in [4.69, 9.17) is 14.2 Å². The first-order chi connectivity index (χ1) is 20.0. The van der Waals surface area contributed by atoms with Crippen LogP contribution in [0.1, 0.15) is 162 Å². The molecule has 2 saturated heterocycles. The lowest BCUT2D eigenvalue weighted by Gasteiger charge is -2.24. The number of aliphatic hydroxyl groups excluding tert-OH is 2. The van der Waals surface area contributed by atoms with Crippen LogP contribution >= 0.6 is 0 Å². The third-order valence-corrected chi connectivity index (χ3v) is 9.48. The van der Waals surface area contributed by atoms with Crippen molar-refractivity contribution >= 4 is 5.97 Å². The van der Waals surface area contributed by atoms with E-state index in [0.717, 1.165) is 76.2 Å². The molecule has 0 aliphatic carbocycles. The van der Waals surface area contributed by atoms with Crippen molar-refractivity contribution in [1.82, 2.24) is 0 Å². The molecular weight excluding hydrogens is 516 g/mol. The topological polar surface area (TPSA) is 85.2 Å². The van der Waals surface area contributed by atoms with E-state index >= 15 is 0 Å². The van der Waals surface area contributed by atoms with E-state index in [1.807, 2.05) is 13.0 Å². The number of carbonyl (C=O) groups is 1. The van der Waals surface area contributed by atoms with E-state index in [2.05, 4.69) is 6.92 Å². The molecule has 3 aliphatic rings. The van der Waals surface area contributed by atoms with Crippen LogP contribution in [0, 0.1) is 0 Å². The molecule has 0 spiro atoms. The number of rotatable bonds is 23. The highest BCUT2D eigenvalue weighted by atomic mass is 16.6. The van der Waals surface area contributed by atoms with Gasteiger partial charge >= 0.3 is 5.97 Å². The molecule has 0 aromatic heterocycles. The zero-order valence-corrected chi connectivity index (χ0v) is 26.4. The lowest BCUT2D eigenvalue weighted by Crippen LogP contribution is -2.33. The zero-order chi connectivity index (χ0) is 29.3. The number of unbranched alkanes of at least 4 members (excludes halogenated alkanes) is 14. The van der Waals surface area contributed by atoms with E-state index in [9.17, 15) is 15.0 Å². The number of ether oxygens (including phenoxy) is 3. The van der Waals surface area contributed by atoms with Gasteiger partial charge in [0.1, 0.15) is 6.10 Å². The van der Waals surface area contributed by atoms with E-state index < -0.39 is 0 Å². The van der Waals surface area contributed by atoms with Crippen LogP contribution in [-0.2, 0) is 19.0 Å². The molecule has 0 unspecified atom stereocenters. The molecule has 0 bridgehead atoms. The summed E-state index contributed by atoms with van der Waals surface area (Å²) in [5.41, 5.74) is 0.858. The van der Waals surface area contributed by atoms with E-state index in [0.29, 0.717) is 0 Å². The van der Waals surface area contributed by atoms with Crippen molar-refractivity contribution in [3.63, 3.8) is 0 Å². The third kappa shape index (κ3) is 13.1. The monoisotopic (exact) mass is 578 g/mol. The number of aliphatic hydroxyl groups is 2. The average molecular weight is 579 g/mol. The van der Waals surface area contributed by atoms with Crippen LogP contribution in [0.15, 0.2) is 11.6 Å². The summed E-state index contributed by atoms with van der Waals surface area (Å²) in [5, 5.41) is 21.4. The minimum absolute atomic E-state index is 0.0514. The molecule has 2 fully saturated rings. The van der Waals surface area contributed by atoms with Crippen molar-refractivity contribution in [3.05, 3.63) is 11.6 Å². The summed E-state index contributed by atoms with van der Waals surface area (Å²) in [4.78, 5) is 11.6. The summed E-state index contributed by atoms with van der Waals surface area (Å²) in [7, 11) is 0. The Morgan fingerprint density at radius 1 is 0.683 bits per heavy atom. The van der Waals surface area contributed by atoms with Gasteiger partial charge in [0.05, 0.1) is 36.6 Å². The Labute approximate surface area is 251 Å². The van der Waals surface area contributed by atoms with Gasteiger partial charge < -0.3 is 24.4 Å². The SMILES string of the molecule is CCCCCCCCCC[C@@H](O)[C@H]1CC[C@@H]([C@H]2CC[C@@H]([C@H](O)CCCCCCCCCCC3=C[C@H](C)OC3=O)O2)O1. The predicted octanol–water partition coefficient (Wildman–Crippen LogP) is 8.11. The Balaban J connectivity index is 1.14. The Kier molecular flexibility index (Phi) is 16.9. The van der Waals surface area contributed by atoms with Crippen molar-refractivity contribution in [2.45, 2.75) is 204 Å². The molecule has 0 amide bonds. The number of hydrogen-bond donors (Lipinski definition) is 2. The average Bonchev–Trinajstić information content (AvgIpc) is 3.71. The fourth-order valence-electron chi connectivity index (χ4n) is 6.90. The molecule has 41 heavy (non-hydrogen) atoms. The maximum atomic E-state index is 11.6. The van der Waals surface area contributed by atoms with Crippen LogP contribution in [0.4, 0.5) is 0 Å². The second-order valence-corrected chi connectivity index (χ2v) is 13.1. The highest BCUT2D eigenvalue weighted by molar-refractivity contribution is 5.90. The van der Waals surface area contributed by atoms with Gasteiger partial charge in [-0.15, -0.1) is 0 Å². The van der Waals surface area contributed by atoms with Crippen molar-refractivity contribution in [1.29, 1.82) is 0 Å². The summed E-state index contributed by atoms with van der Waals surface area (Å²) in [6.07, 6.45) is 27.0. The molecule has 0 saturated carbocycles. The molecule has 3 heterocycles.